The van der Waals surface area contributed by atoms with Gasteiger partial charge in [-0.05, 0) is 51.0 Å². The molecule has 3 unspecified atom stereocenters. The fourth-order valence-electron chi connectivity index (χ4n) is 3.36. The first kappa shape index (κ1) is 17.1. The average molecular weight is 340 g/mol. The summed E-state index contributed by atoms with van der Waals surface area (Å²) in [5, 5.41) is 2.70. The van der Waals surface area contributed by atoms with Crippen molar-refractivity contribution in [3.8, 4) is 0 Å². The molecule has 3 amide bonds. The molecular formula is C19H20N2O4. The van der Waals surface area contributed by atoms with Crippen molar-refractivity contribution in [2.24, 2.45) is 11.8 Å². The molecule has 1 aromatic rings. The molecule has 1 aromatic carbocycles. The van der Waals surface area contributed by atoms with Gasteiger partial charge >= 0.3 is 0 Å². The van der Waals surface area contributed by atoms with Gasteiger partial charge in [-0.25, -0.2) is 0 Å². The van der Waals surface area contributed by atoms with Crippen molar-refractivity contribution < 1.29 is 19.2 Å². The smallest absolute Gasteiger partial charge is 0.247 e. The lowest BCUT2D eigenvalue weighted by Crippen LogP contribution is -2.46. The maximum Gasteiger partial charge on any atom is 0.247 e. The zero-order valence-electron chi connectivity index (χ0n) is 14.2. The van der Waals surface area contributed by atoms with Gasteiger partial charge < -0.3 is 5.32 Å². The number of nitrogens with zero attached hydrogens (tertiary/aromatic N) is 1. The summed E-state index contributed by atoms with van der Waals surface area (Å²) in [7, 11) is 0. The molecule has 0 radical (unpaired) electrons. The van der Waals surface area contributed by atoms with Gasteiger partial charge in [-0.2, -0.15) is 0 Å². The van der Waals surface area contributed by atoms with Gasteiger partial charge in [0.2, 0.25) is 17.7 Å². The van der Waals surface area contributed by atoms with E-state index in [0.717, 1.165) is 4.90 Å². The Morgan fingerprint density at radius 3 is 2.04 bits per heavy atom. The van der Waals surface area contributed by atoms with Crippen LogP contribution in [0.3, 0.4) is 0 Å². The standard InChI is InChI=1S/C19H20N2O4/c1-11(17(23)20-14-9-7-13(8-10-14)12(2)22)21-18(24)15-5-3-4-6-16(15)19(21)25/h3-4,7-11,15-16H,5-6H2,1-2H3,(H,20,23). The van der Waals surface area contributed by atoms with Gasteiger partial charge in [0.25, 0.3) is 0 Å². The number of allylic oxidation sites excluding steroid dienone is 2. The van der Waals surface area contributed by atoms with Gasteiger partial charge in [0.05, 0.1) is 11.8 Å². The zero-order valence-corrected chi connectivity index (χ0v) is 14.2. The van der Waals surface area contributed by atoms with Crippen molar-refractivity contribution in [1.82, 2.24) is 4.90 Å². The van der Waals surface area contributed by atoms with Crippen LogP contribution in [0.25, 0.3) is 0 Å². The Kier molecular flexibility index (Phi) is 4.53. The molecule has 3 rings (SSSR count). The van der Waals surface area contributed by atoms with Crippen LogP contribution in [0, 0.1) is 11.8 Å². The summed E-state index contributed by atoms with van der Waals surface area (Å²) in [5.74, 6) is -1.72. The Hall–Kier alpha value is -2.76. The number of hydrogen-bond acceptors (Lipinski definition) is 4. The number of likely N-dealkylation sites (tertiary alicyclic amines) is 1. The molecule has 0 aromatic heterocycles. The van der Waals surface area contributed by atoms with E-state index < -0.39 is 11.9 Å². The summed E-state index contributed by atoms with van der Waals surface area (Å²) in [6, 6.07) is 5.61. The van der Waals surface area contributed by atoms with Gasteiger partial charge in [-0.1, -0.05) is 12.2 Å². The largest absolute Gasteiger partial charge is 0.324 e. The Labute approximate surface area is 145 Å². The third-order valence-electron chi connectivity index (χ3n) is 4.87. The lowest BCUT2D eigenvalue weighted by Gasteiger charge is -2.22. The van der Waals surface area contributed by atoms with E-state index in [-0.39, 0.29) is 29.4 Å². The van der Waals surface area contributed by atoms with Gasteiger partial charge in [-0.3, -0.25) is 24.1 Å². The number of Topliss-reactive ketones (excluding diaryl/α,β-unsaturated/α-hetero) is 1. The minimum Gasteiger partial charge on any atom is -0.324 e. The highest BCUT2D eigenvalue weighted by atomic mass is 16.2. The number of amides is 3. The van der Waals surface area contributed by atoms with Crippen LogP contribution < -0.4 is 5.32 Å². The number of fused-ring (bicyclic) bond motifs is 1. The van der Waals surface area contributed by atoms with Crippen molar-refractivity contribution >= 4 is 29.2 Å². The molecule has 3 atom stereocenters. The van der Waals surface area contributed by atoms with Crippen LogP contribution in [0.4, 0.5) is 5.69 Å². The number of benzene rings is 1. The molecule has 1 aliphatic carbocycles. The van der Waals surface area contributed by atoms with Crippen molar-refractivity contribution in [3.05, 3.63) is 42.0 Å². The molecule has 25 heavy (non-hydrogen) atoms. The highest BCUT2D eigenvalue weighted by molar-refractivity contribution is 6.10. The minimum atomic E-state index is -0.877. The van der Waals surface area contributed by atoms with E-state index in [4.69, 9.17) is 0 Å². The molecule has 1 saturated heterocycles. The monoisotopic (exact) mass is 340 g/mol. The summed E-state index contributed by atoms with van der Waals surface area (Å²) < 4.78 is 0. The predicted molar refractivity (Wildman–Crippen MR) is 91.7 cm³/mol. The maximum absolute atomic E-state index is 12.5. The fraction of sp³-hybridized carbons (Fsp3) is 0.368. The maximum atomic E-state index is 12.5. The highest BCUT2D eigenvalue weighted by Crippen LogP contribution is 2.36. The number of nitrogens with one attached hydrogen (secondary N) is 1. The van der Waals surface area contributed by atoms with Gasteiger partial charge in [0.1, 0.15) is 6.04 Å². The molecule has 1 heterocycles. The molecular weight excluding hydrogens is 320 g/mol. The molecule has 130 valence electrons. The van der Waals surface area contributed by atoms with Crippen molar-refractivity contribution in [2.45, 2.75) is 32.7 Å². The van der Waals surface area contributed by atoms with Gasteiger partial charge in [-0.15, -0.1) is 0 Å². The van der Waals surface area contributed by atoms with E-state index in [1.165, 1.54) is 6.92 Å². The molecule has 6 heteroatoms. The molecule has 1 N–H and O–H groups in total. The van der Waals surface area contributed by atoms with E-state index in [1.54, 1.807) is 31.2 Å². The second-order valence-electron chi connectivity index (χ2n) is 6.50. The average Bonchev–Trinajstić information content (AvgIpc) is 2.86. The summed E-state index contributed by atoms with van der Waals surface area (Å²) >= 11 is 0. The lowest BCUT2D eigenvalue weighted by molar-refractivity contribution is -0.146. The van der Waals surface area contributed by atoms with Crippen LogP contribution in [0.5, 0.6) is 0 Å². The quantitative estimate of drug-likeness (QED) is 0.517. The van der Waals surface area contributed by atoms with E-state index >= 15 is 0 Å². The van der Waals surface area contributed by atoms with Crippen molar-refractivity contribution in [3.63, 3.8) is 0 Å². The van der Waals surface area contributed by atoms with Crippen LogP contribution in [0.2, 0.25) is 0 Å². The molecule has 1 aliphatic heterocycles. The third-order valence-corrected chi connectivity index (χ3v) is 4.87. The molecule has 0 saturated carbocycles. The van der Waals surface area contributed by atoms with Gasteiger partial charge in [0, 0.05) is 11.3 Å². The van der Waals surface area contributed by atoms with Crippen LogP contribution in [-0.4, -0.2) is 34.4 Å². The van der Waals surface area contributed by atoms with E-state index in [0.29, 0.717) is 24.1 Å². The topological polar surface area (TPSA) is 83.6 Å². The SMILES string of the molecule is CC(=O)c1ccc(NC(=O)C(C)N2C(=O)C3CC=CCC3C2=O)cc1. The molecule has 1 fully saturated rings. The van der Waals surface area contributed by atoms with Crippen LogP contribution >= 0.6 is 0 Å². The van der Waals surface area contributed by atoms with Crippen LogP contribution in [-0.2, 0) is 14.4 Å². The molecule has 6 nitrogen and oxygen atoms in total. The number of anilines is 1. The summed E-state index contributed by atoms with van der Waals surface area (Å²) in [4.78, 5) is 49.9. The Balaban J connectivity index is 1.71. The number of imide groups is 1. The number of ketones is 1. The third kappa shape index (κ3) is 3.12. The number of rotatable bonds is 4. The zero-order chi connectivity index (χ0) is 18.1. The number of hydrogen-bond donors (Lipinski definition) is 1. The second-order valence-corrected chi connectivity index (χ2v) is 6.50. The number of carbonyl (C=O) groups excluding carboxylic acids is 4. The van der Waals surface area contributed by atoms with E-state index in [9.17, 15) is 19.2 Å². The summed E-state index contributed by atoms with van der Waals surface area (Å²) in [6.45, 7) is 3.02. The Morgan fingerprint density at radius 1 is 1.04 bits per heavy atom. The first-order valence-corrected chi connectivity index (χ1v) is 8.34. The minimum absolute atomic E-state index is 0.0595. The summed E-state index contributed by atoms with van der Waals surface area (Å²) in [5.41, 5.74) is 1.06. The first-order chi connectivity index (χ1) is 11.9. The first-order valence-electron chi connectivity index (χ1n) is 8.34. The van der Waals surface area contributed by atoms with Gasteiger partial charge in [0.15, 0.2) is 5.78 Å². The molecule has 0 bridgehead atoms. The Morgan fingerprint density at radius 2 is 1.56 bits per heavy atom. The lowest BCUT2D eigenvalue weighted by atomic mass is 9.85. The second kappa shape index (κ2) is 6.63. The fourth-order valence-corrected chi connectivity index (χ4v) is 3.36. The van der Waals surface area contributed by atoms with Crippen LogP contribution in [0.1, 0.15) is 37.0 Å². The van der Waals surface area contributed by atoms with Crippen molar-refractivity contribution in [2.75, 3.05) is 5.32 Å². The van der Waals surface area contributed by atoms with Crippen LogP contribution in [0.15, 0.2) is 36.4 Å². The van der Waals surface area contributed by atoms with E-state index in [2.05, 4.69) is 5.32 Å². The normalized spacial score (nSPS) is 23.4. The summed E-state index contributed by atoms with van der Waals surface area (Å²) in [6.07, 6.45) is 4.92. The molecule has 2 aliphatic rings. The number of carbonyl (C=O) groups is 4. The van der Waals surface area contributed by atoms with E-state index in [1.807, 2.05) is 12.2 Å². The van der Waals surface area contributed by atoms with Crippen molar-refractivity contribution in [1.29, 1.82) is 0 Å². The predicted octanol–water partition coefficient (Wildman–Crippen LogP) is 2.17. The molecule has 0 spiro atoms. The highest BCUT2D eigenvalue weighted by Gasteiger charge is 2.50. The Bertz CT molecular complexity index is 740.